The molecule has 1 aliphatic rings. The Labute approximate surface area is 118 Å². The van der Waals surface area contributed by atoms with Crippen molar-refractivity contribution in [1.82, 2.24) is 9.97 Å². The number of hydrogen-bond acceptors (Lipinski definition) is 5. The molecule has 0 radical (unpaired) electrons. The zero-order valence-electron chi connectivity index (χ0n) is 11.5. The van der Waals surface area contributed by atoms with Crippen LogP contribution in [0.2, 0.25) is 0 Å². The van der Waals surface area contributed by atoms with E-state index in [9.17, 15) is 0 Å². The number of rotatable bonds is 2. The molecule has 5 heteroatoms. The zero-order valence-corrected chi connectivity index (χ0v) is 11.5. The molecule has 4 N–H and O–H groups in total. The number of hydrogen-bond donors (Lipinski definition) is 2. The zero-order chi connectivity index (χ0) is 14.2. The van der Waals surface area contributed by atoms with Gasteiger partial charge in [0, 0.05) is 18.2 Å². The van der Waals surface area contributed by atoms with Crippen LogP contribution >= 0.6 is 0 Å². The summed E-state index contributed by atoms with van der Waals surface area (Å²) in [6.45, 7) is 3.55. The lowest BCUT2D eigenvalue weighted by Gasteiger charge is -2.25. The first-order chi connectivity index (χ1) is 9.60. The van der Waals surface area contributed by atoms with Gasteiger partial charge >= 0.3 is 0 Å². The Bertz CT molecular complexity index is 621. The van der Waals surface area contributed by atoms with Crippen LogP contribution in [-0.2, 0) is 10.2 Å². The van der Waals surface area contributed by atoms with Gasteiger partial charge in [0.25, 0.3) is 0 Å². The second-order valence-electron chi connectivity index (χ2n) is 5.43. The molecule has 1 atom stereocenters. The van der Waals surface area contributed by atoms with Crippen molar-refractivity contribution >= 4 is 11.5 Å². The number of nitrogens with zero attached hydrogens (tertiary/aromatic N) is 2. The maximum atomic E-state index is 6.13. The van der Waals surface area contributed by atoms with E-state index in [-0.39, 0.29) is 5.41 Å². The third-order valence-corrected chi connectivity index (χ3v) is 3.88. The molecule has 1 aliphatic heterocycles. The first-order valence-corrected chi connectivity index (χ1v) is 6.66. The van der Waals surface area contributed by atoms with E-state index in [1.165, 1.54) is 0 Å². The van der Waals surface area contributed by atoms with Crippen molar-refractivity contribution in [3.63, 3.8) is 0 Å². The predicted octanol–water partition coefficient (Wildman–Crippen LogP) is 1.99. The normalized spacial score (nSPS) is 22.1. The molecule has 20 heavy (non-hydrogen) atoms. The number of nitrogen functional groups attached to an aromatic ring is 2. The fourth-order valence-electron chi connectivity index (χ4n) is 2.60. The molecular weight excluding hydrogens is 252 g/mol. The Hall–Kier alpha value is -2.14. The molecule has 1 unspecified atom stereocenters. The molecule has 1 saturated heterocycles. The molecule has 3 rings (SSSR count). The molecule has 0 bridgehead atoms. The Morgan fingerprint density at radius 3 is 2.75 bits per heavy atom. The second kappa shape index (κ2) is 4.76. The number of nitrogens with two attached hydrogens (primary N) is 2. The standard InChI is InChI=1S/C15H18N4O/c1-15(5-7-20-9-15)10-8-12(19-14(17)13(10)16)11-4-2-3-6-18-11/h2-4,6,8H,5,7,9,16H2,1H3,(H2,17,19). The van der Waals surface area contributed by atoms with Crippen molar-refractivity contribution in [3.05, 3.63) is 36.0 Å². The van der Waals surface area contributed by atoms with Gasteiger partial charge in [-0.2, -0.15) is 0 Å². The SMILES string of the molecule is CC1(c2cc(-c3ccccn3)nc(N)c2N)CCOC1. The number of aromatic nitrogens is 2. The summed E-state index contributed by atoms with van der Waals surface area (Å²) >= 11 is 0. The highest BCUT2D eigenvalue weighted by Gasteiger charge is 2.34. The van der Waals surface area contributed by atoms with Gasteiger partial charge in [-0.25, -0.2) is 4.98 Å². The predicted molar refractivity (Wildman–Crippen MR) is 79.1 cm³/mol. The third kappa shape index (κ3) is 2.10. The first kappa shape index (κ1) is 12.9. The van der Waals surface area contributed by atoms with Crippen LogP contribution in [0.3, 0.4) is 0 Å². The average Bonchev–Trinajstić information content (AvgIpc) is 2.90. The molecule has 104 valence electrons. The van der Waals surface area contributed by atoms with Gasteiger partial charge in [0.05, 0.1) is 23.7 Å². The highest BCUT2D eigenvalue weighted by Crippen LogP contribution is 2.39. The van der Waals surface area contributed by atoms with E-state index in [0.717, 1.165) is 30.0 Å². The minimum atomic E-state index is -0.106. The quantitative estimate of drug-likeness (QED) is 0.871. The molecule has 5 nitrogen and oxygen atoms in total. The Kier molecular flexibility index (Phi) is 3.06. The summed E-state index contributed by atoms with van der Waals surface area (Å²) in [5.41, 5.74) is 15.1. The molecule has 2 aromatic heterocycles. The van der Waals surface area contributed by atoms with E-state index >= 15 is 0 Å². The van der Waals surface area contributed by atoms with Gasteiger partial charge < -0.3 is 16.2 Å². The molecule has 0 saturated carbocycles. The van der Waals surface area contributed by atoms with Crippen molar-refractivity contribution in [2.75, 3.05) is 24.7 Å². The molecule has 1 fully saturated rings. The van der Waals surface area contributed by atoms with Crippen LogP contribution < -0.4 is 11.5 Å². The Morgan fingerprint density at radius 2 is 2.10 bits per heavy atom. The van der Waals surface area contributed by atoms with Gasteiger partial charge in [-0.3, -0.25) is 4.98 Å². The van der Waals surface area contributed by atoms with Crippen LogP contribution in [0.25, 0.3) is 11.4 Å². The minimum Gasteiger partial charge on any atom is -0.396 e. The molecule has 0 aliphatic carbocycles. The maximum Gasteiger partial charge on any atom is 0.147 e. The number of pyridine rings is 2. The lowest BCUT2D eigenvalue weighted by molar-refractivity contribution is 0.181. The summed E-state index contributed by atoms with van der Waals surface area (Å²) in [5, 5.41) is 0. The van der Waals surface area contributed by atoms with Gasteiger partial charge in [-0.05, 0) is 30.2 Å². The van der Waals surface area contributed by atoms with Crippen molar-refractivity contribution in [2.24, 2.45) is 0 Å². The highest BCUT2D eigenvalue weighted by atomic mass is 16.5. The molecular formula is C15H18N4O. The maximum absolute atomic E-state index is 6.13. The van der Waals surface area contributed by atoms with Crippen LogP contribution in [0.15, 0.2) is 30.5 Å². The molecule has 0 aromatic carbocycles. The average molecular weight is 270 g/mol. The van der Waals surface area contributed by atoms with E-state index in [2.05, 4.69) is 16.9 Å². The molecule has 0 spiro atoms. The summed E-state index contributed by atoms with van der Waals surface area (Å²) in [7, 11) is 0. The largest absolute Gasteiger partial charge is 0.396 e. The third-order valence-electron chi connectivity index (χ3n) is 3.88. The lowest BCUT2D eigenvalue weighted by atomic mass is 9.81. The van der Waals surface area contributed by atoms with Gasteiger partial charge in [0.15, 0.2) is 0 Å². The van der Waals surface area contributed by atoms with Crippen LogP contribution in [-0.4, -0.2) is 23.2 Å². The summed E-state index contributed by atoms with van der Waals surface area (Å²) in [6.07, 6.45) is 2.67. The van der Waals surface area contributed by atoms with Crippen molar-refractivity contribution < 1.29 is 4.74 Å². The van der Waals surface area contributed by atoms with E-state index < -0.39 is 0 Å². The van der Waals surface area contributed by atoms with Gasteiger partial charge in [0.1, 0.15) is 5.82 Å². The van der Waals surface area contributed by atoms with E-state index in [1.807, 2.05) is 24.3 Å². The van der Waals surface area contributed by atoms with Crippen LogP contribution in [0.1, 0.15) is 18.9 Å². The van der Waals surface area contributed by atoms with E-state index in [0.29, 0.717) is 18.1 Å². The first-order valence-electron chi connectivity index (χ1n) is 6.66. The van der Waals surface area contributed by atoms with Crippen molar-refractivity contribution in [3.8, 4) is 11.4 Å². The smallest absolute Gasteiger partial charge is 0.147 e. The summed E-state index contributed by atoms with van der Waals surface area (Å²) in [6, 6.07) is 7.70. The van der Waals surface area contributed by atoms with Crippen molar-refractivity contribution in [2.45, 2.75) is 18.8 Å². The summed E-state index contributed by atoms with van der Waals surface area (Å²) in [5.74, 6) is 0.358. The lowest BCUT2D eigenvalue weighted by Crippen LogP contribution is -2.24. The van der Waals surface area contributed by atoms with Crippen molar-refractivity contribution in [1.29, 1.82) is 0 Å². The van der Waals surface area contributed by atoms with Gasteiger partial charge in [-0.1, -0.05) is 13.0 Å². The Balaban J connectivity index is 2.13. The Morgan fingerprint density at radius 1 is 1.25 bits per heavy atom. The van der Waals surface area contributed by atoms with Gasteiger partial charge in [0.2, 0.25) is 0 Å². The summed E-state index contributed by atoms with van der Waals surface area (Å²) < 4.78 is 5.52. The fraction of sp³-hybridized carbons (Fsp3) is 0.333. The molecule has 2 aromatic rings. The minimum absolute atomic E-state index is 0.106. The van der Waals surface area contributed by atoms with E-state index in [4.69, 9.17) is 16.2 Å². The number of ether oxygens (including phenoxy) is 1. The highest BCUT2D eigenvalue weighted by molar-refractivity contribution is 5.71. The topological polar surface area (TPSA) is 87.0 Å². The van der Waals surface area contributed by atoms with Crippen LogP contribution in [0, 0.1) is 0 Å². The van der Waals surface area contributed by atoms with Crippen LogP contribution in [0.5, 0.6) is 0 Å². The summed E-state index contributed by atoms with van der Waals surface area (Å²) in [4.78, 5) is 8.68. The molecule has 0 amide bonds. The monoisotopic (exact) mass is 270 g/mol. The second-order valence-corrected chi connectivity index (χ2v) is 5.43. The van der Waals surface area contributed by atoms with E-state index in [1.54, 1.807) is 6.20 Å². The van der Waals surface area contributed by atoms with Crippen LogP contribution in [0.4, 0.5) is 11.5 Å². The number of anilines is 2. The van der Waals surface area contributed by atoms with Gasteiger partial charge in [-0.15, -0.1) is 0 Å². The fourth-order valence-corrected chi connectivity index (χ4v) is 2.60. The molecule has 3 heterocycles.